The van der Waals surface area contributed by atoms with Gasteiger partial charge in [0.2, 0.25) is 11.8 Å². The zero-order valence-electron chi connectivity index (χ0n) is 13.3. The number of nitrogens with zero attached hydrogens (tertiary/aromatic N) is 4. The van der Waals surface area contributed by atoms with E-state index in [1.165, 1.54) is 17.7 Å². The van der Waals surface area contributed by atoms with Gasteiger partial charge in [-0.1, -0.05) is 23.4 Å². The number of aryl methyl sites for hydroxylation is 1. The smallest absolute Gasteiger partial charge is 0.315 e. The molecular weight excluding hydrogens is 413 g/mol. The average Bonchev–Trinajstić information content (AvgIpc) is 3.04. The molecule has 0 radical (unpaired) electrons. The van der Waals surface area contributed by atoms with Crippen molar-refractivity contribution in [2.45, 2.75) is 18.1 Å². The fourth-order valence-corrected chi connectivity index (χ4v) is 4.70. The molecule has 12 heteroatoms. The van der Waals surface area contributed by atoms with Crippen LogP contribution in [0.2, 0.25) is 5.02 Å². The Bertz CT molecular complexity index is 874. The van der Waals surface area contributed by atoms with Crippen LogP contribution in [0.3, 0.4) is 0 Å². The van der Waals surface area contributed by atoms with Crippen LogP contribution in [0, 0.1) is 6.92 Å². The Hall–Kier alpha value is -1.59. The molecule has 1 fully saturated rings. The van der Waals surface area contributed by atoms with Crippen LogP contribution >= 0.6 is 34.7 Å². The Balaban J connectivity index is 1.66. The van der Waals surface area contributed by atoms with Gasteiger partial charge in [0.05, 0.1) is 22.8 Å². The van der Waals surface area contributed by atoms with Gasteiger partial charge in [-0.2, -0.15) is 13.2 Å². The number of rotatable bonds is 4. The maximum atomic E-state index is 12.4. The number of fused-ring (bicyclic) bond motifs is 1. The van der Waals surface area contributed by atoms with E-state index >= 15 is 0 Å². The predicted octanol–water partition coefficient (Wildman–Crippen LogP) is 2.94. The monoisotopic (exact) mass is 424 g/mol. The van der Waals surface area contributed by atoms with Crippen LogP contribution < -0.4 is 0 Å². The highest BCUT2D eigenvalue weighted by Gasteiger charge is 2.38. The number of halogens is 4. The summed E-state index contributed by atoms with van der Waals surface area (Å²) in [5.41, 5.74) is 0. The first-order chi connectivity index (χ1) is 12.2. The Kier molecular flexibility index (Phi) is 5.31. The minimum absolute atomic E-state index is 0.0650. The van der Waals surface area contributed by atoms with Crippen molar-refractivity contribution in [2.75, 3.05) is 25.5 Å². The van der Waals surface area contributed by atoms with Crippen LogP contribution in [0.25, 0.3) is 10.2 Å². The van der Waals surface area contributed by atoms with E-state index in [4.69, 9.17) is 11.6 Å². The second-order valence-electron chi connectivity index (χ2n) is 5.56. The number of hydrogen-bond donors (Lipinski definition) is 0. The molecule has 2 aromatic rings. The van der Waals surface area contributed by atoms with E-state index in [2.05, 4.69) is 9.97 Å². The van der Waals surface area contributed by atoms with Crippen LogP contribution in [-0.4, -0.2) is 63.3 Å². The van der Waals surface area contributed by atoms with Crippen LogP contribution in [0.4, 0.5) is 13.2 Å². The average molecular weight is 425 g/mol. The molecule has 140 valence electrons. The zero-order valence-corrected chi connectivity index (χ0v) is 15.7. The number of hydrogen-bond acceptors (Lipinski definition) is 6. The summed E-state index contributed by atoms with van der Waals surface area (Å²) in [6, 6.07) is 0. The van der Waals surface area contributed by atoms with E-state index < -0.39 is 24.5 Å². The quantitative estimate of drug-likeness (QED) is 0.557. The molecule has 3 heterocycles. The first-order valence-corrected chi connectivity index (χ1v) is 9.48. The summed E-state index contributed by atoms with van der Waals surface area (Å²) in [4.78, 5) is 35.5. The molecule has 1 saturated heterocycles. The Morgan fingerprint density at radius 3 is 2.85 bits per heavy atom. The molecule has 1 aliphatic heterocycles. The molecule has 0 aliphatic carbocycles. The first-order valence-electron chi connectivity index (χ1n) is 7.30. The van der Waals surface area contributed by atoms with Crippen molar-refractivity contribution in [3.05, 3.63) is 16.2 Å². The highest BCUT2D eigenvalue weighted by Crippen LogP contribution is 2.38. The van der Waals surface area contributed by atoms with Crippen LogP contribution in [0.1, 0.15) is 4.88 Å². The lowest BCUT2D eigenvalue weighted by atomic mass is 10.4. The molecule has 2 amide bonds. The molecule has 2 aromatic heterocycles. The van der Waals surface area contributed by atoms with Crippen molar-refractivity contribution >= 4 is 56.7 Å². The van der Waals surface area contributed by atoms with Crippen molar-refractivity contribution in [1.29, 1.82) is 0 Å². The van der Waals surface area contributed by atoms with Crippen LogP contribution in [0.15, 0.2) is 11.4 Å². The van der Waals surface area contributed by atoms with E-state index in [1.54, 1.807) is 0 Å². The Morgan fingerprint density at radius 2 is 2.15 bits per heavy atom. The third-order valence-corrected chi connectivity index (χ3v) is 6.20. The summed E-state index contributed by atoms with van der Waals surface area (Å²) in [6.45, 7) is -0.235. The van der Waals surface area contributed by atoms with E-state index in [1.807, 2.05) is 6.92 Å². The summed E-state index contributed by atoms with van der Waals surface area (Å²) in [7, 11) is 0. The molecule has 0 bridgehead atoms. The molecule has 0 atom stereocenters. The van der Waals surface area contributed by atoms with Gasteiger partial charge in [0.15, 0.2) is 0 Å². The van der Waals surface area contributed by atoms with Gasteiger partial charge >= 0.3 is 6.18 Å². The number of amides is 2. The summed E-state index contributed by atoms with van der Waals surface area (Å²) in [5, 5.41) is 1.70. The van der Waals surface area contributed by atoms with Crippen molar-refractivity contribution in [3.8, 4) is 0 Å². The highest BCUT2D eigenvalue weighted by atomic mass is 35.5. The maximum absolute atomic E-state index is 12.4. The third kappa shape index (κ3) is 4.04. The van der Waals surface area contributed by atoms with Crippen LogP contribution in [0.5, 0.6) is 0 Å². The van der Waals surface area contributed by atoms with Crippen molar-refractivity contribution in [3.63, 3.8) is 0 Å². The van der Waals surface area contributed by atoms with Gasteiger partial charge in [-0.15, -0.1) is 11.3 Å². The summed E-state index contributed by atoms with van der Waals surface area (Å²) >= 11 is 8.78. The number of thioether (sulfide) groups is 1. The number of aromatic nitrogens is 2. The standard InChI is InChI=1S/C14H12ClF3N4O2S2/c1-7-11(15)10-12(19-5-20-13(10)26-7)25-3-9(24)21-2-8(23)22(6-21)4-14(16,17)18/h5H,2-4,6H2,1H3. The van der Waals surface area contributed by atoms with Gasteiger partial charge in [0, 0.05) is 4.88 Å². The summed E-state index contributed by atoms with van der Waals surface area (Å²) in [6.07, 6.45) is -3.13. The second-order valence-corrected chi connectivity index (χ2v) is 8.11. The normalized spacial score (nSPS) is 15.3. The number of carbonyl (C=O) groups is 2. The highest BCUT2D eigenvalue weighted by molar-refractivity contribution is 8.00. The molecule has 0 saturated carbocycles. The van der Waals surface area contributed by atoms with Gasteiger partial charge in [0.25, 0.3) is 0 Å². The van der Waals surface area contributed by atoms with E-state index in [0.29, 0.717) is 25.2 Å². The summed E-state index contributed by atoms with van der Waals surface area (Å²) in [5.74, 6) is -1.23. The van der Waals surface area contributed by atoms with Gasteiger partial charge in [-0.05, 0) is 6.92 Å². The largest absolute Gasteiger partial charge is 0.406 e. The molecule has 0 aromatic carbocycles. The van der Waals surface area contributed by atoms with Crippen molar-refractivity contribution in [2.24, 2.45) is 0 Å². The molecule has 6 nitrogen and oxygen atoms in total. The lowest BCUT2D eigenvalue weighted by Gasteiger charge is -2.19. The molecule has 0 spiro atoms. The van der Waals surface area contributed by atoms with Crippen LogP contribution in [-0.2, 0) is 9.59 Å². The van der Waals surface area contributed by atoms with E-state index in [-0.39, 0.29) is 19.0 Å². The van der Waals surface area contributed by atoms with Crippen molar-refractivity contribution < 1.29 is 22.8 Å². The molecule has 0 unspecified atom stereocenters. The fraction of sp³-hybridized carbons (Fsp3) is 0.429. The predicted molar refractivity (Wildman–Crippen MR) is 92.2 cm³/mol. The third-order valence-electron chi connectivity index (χ3n) is 3.63. The van der Waals surface area contributed by atoms with E-state index in [9.17, 15) is 22.8 Å². The molecule has 0 N–H and O–H groups in total. The van der Waals surface area contributed by atoms with E-state index in [0.717, 1.165) is 21.5 Å². The maximum Gasteiger partial charge on any atom is 0.406 e. The van der Waals surface area contributed by atoms with Gasteiger partial charge in [0.1, 0.15) is 29.3 Å². The fourth-order valence-electron chi connectivity index (χ4n) is 2.44. The Labute approximate surface area is 159 Å². The second kappa shape index (κ2) is 7.20. The van der Waals surface area contributed by atoms with Crippen molar-refractivity contribution in [1.82, 2.24) is 19.8 Å². The molecule has 26 heavy (non-hydrogen) atoms. The number of alkyl halides is 3. The zero-order chi connectivity index (χ0) is 19.1. The van der Waals surface area contributed by atoms with Gasteiger partial charge in [-0.25, -0.2) is 9.97 Å². The number of thiophene rings is 1. The lowest BCUT2D eigenvalue weighted by molar-refractivity contribution is -0.157. The molecule has 1 aliphatic rings. The molecule has 3 rings (SSSR count). The van der Waals surface area contributed by atoms with Gasteiger partial charge in [-0.3, -0.25) is 9.59 Å². The minimum atomic E-state index is -4.50. The lowest BCUT2D eigenvalue weighted by Crippen LogP contribution is -2.37. The topological polar surface area (TPSA) is 66.4 Å². The minimum Gasteiger partial charge on any atom is -0.315 e. The number of carbonyl (C=O) groups excluding carboxylic acids is 2. The van der Waals surface area contributed by atoms with Gasteiger partial charge < -0.3 is 9.80 Å². The SMILES string of the molecule is Cc1sc2ncnc(SCC(=O)N3CC(=O)N(CC(F)(F)F)C3)c2c1Cl. The first kappa shape index (κ1) is 19.2. The summed E-state index contributed by atoms with van der Waals surface area (Å²) < 4.78 is 37.3. The molecular formula is C14H12ClF3N4O2S2. The Morgan fingerprint density at radius 1 is 1.42 bits per heavy atom.